The molecule has 9 heteroatoms. The molecule has 4 rings (SSSR count). The number of ether oxygens (including phenoxy) is 1. The highest BCUT2D eigenvalue weighted by Gasteiger charge is 2.68. The molecule has 1 aliphatic carbocycles. The Labute approximate surface area is 138 Å². The van der Waals surface area contributed by atoms with Gasteiger partial charge in [-0.15, -0.1) is 0 Å². The van der Waals surface area contributed by atoms with E-state index >= 15 is 0 Å². The molecule has 2 aromatic rings. The number of carbonyl (C=O) groups excluding carboxylic acids is 2. The van der Waals surface area contributed by atoms with Gasteiger partial charge in [0.15, 0.2) is 0 Å². The zero-order chi connectivity index (χ0) is 17.8. The van der Waals surface area contributed by atoms with Crippen molar-refractivity contribution in [3.63, 3.8) is 0 Å². The number of fused-ring (bicyclic) bond motifs is 2. The van der Waals surface area contributed by atoms with Crippen LogP contribution in [0.1, 0.15) is 23.4 Å². The second kappa shape index (κ2) is 5.08. The number of carbonyl (C=O) groups is 2. The molecule has 2 atom stereocenters. The first-order valence-corrected chi connectivity index (χ1v) is 7.43. The monoisotopic (exact) mass is 352 g/mol. The smallest absolute Gasteiger partial charge is 0.452 e. The van der Waals surface area contributed by atoms with Gasteiger partial charge in [-0.3, -0.25) is 9.59 Å². The van der Waals surface area contributed by atoms with Crippen molar-refractivity contribution in [3.05, 3.63) is 47.3 Å². The Bertz CT molecular complexity index is 876. The van der Waals surface area contributed by atoms with E-state index < -0.39 is 35.8 Å². The van der Waals surface area contributed by atoms with Crippen molar-refractivity contribution < 1.29 is 32.0 Å². The lowest BCUT2D eigenvalue weighted by molar-refractivity contribution is -0.155. The first-order valence-electron chi connectivity index (χ1n) is 7.43. The van der Waals surface area contributed by atoms with Crippen molar-refractivity contribution in [3.8, 4) is 0 Å². The van der Waals surface area contributed by atoms with E-state index in [2.05, 4.69) is 15.0 Å². The van der Waals surface area contributed by atoms with Gasteiger partial charge in [0.2, 0.25) is 11.7 Å². The lowest BCUT2D eigenvalue weighted by Crippen LogP contribution is -2.25. The highest BCUT2D eigenvalue weighted by molar-refractivity contribution is 6.12. The molecule has 130 valence electrons. The Morgan fingerprint density at radius 2 is 2.16 bits per heavy atom. The molecule has 1 amide bonds. The molecular formula is C16H11F3N2O4. The number of anilines is 1. The zero-order valence-electron chi connectivity index (χ0n) is 12.6. The van der Waals surface area contributed by atoms with Crippen molar-refractivity contribution >= 4 is 17.6 Å². The van der Waals surface area contributed by atoms with E-state index in [1.165, 1.54) is 0 Å². The van der Waals surface area contributed by atoms with Gasteiger partial charge in [-0.1, -0.05) is 23.4 Å². The van der Waals surface area contributed by atoms with E-state index in [0.717, 1.165) is 5.56 Å². The Morgan fingerprint density at radius 1 is 1.40 bits per heavy atom. The summed E-state index contributed by atoms with van der Waals surface area (Å²) in [6.45, 7) is -0.450. The number of nitrogens with one attached hydrogen (secondary N) is 1. The van der Waals surface area contributed by atoms with E-state index in [1.54, 1.807) is 24.3 Å². The Morgan fingerprint density at radius 3 is 2.88 bits per heavy atom. The summed E-state index contributed by atoms with van der Waals surface area (Å²) in [5, 5.41) is 5.95. The van der Waals surface area contributed by atoms with E-state index in [-0.39, 0.29) is 11.6 Å². The number of para-hydroxylation sites is 1. The van der Waals surface area contributed by atoms with E-state index in [1.807, 2.05) is 0 Å². The number of amides is 1. The molecule has 0 bridgehead atoms. The topological polar surface area (TPSA) is 81.4 Å². The van der Waals surface area contributed by atoms with Crippen LogP contribution in [0.25, 0.3) is 0 Å². The van der Waals surface area contributed by atoms with Crippen LogP contribution < -0.4 is 5.32 Å². The van der Waals surface area contributed by atoms with E-state index in [0.29, 0.717) is 18.2 Å². The summed E-state index contributed by atoms with van der Waals surface area (Å²) >= 11 is 0. The summed E-state index contributed by atoms with van der Waals surface area (Å²) in [6.07, 6.45) is -4.34. The van der Waals surface area contributed by atoms with E-state index in [9.17, 15) is 22.8 Å². The van der Waals surface area contributed by atoms with Crippen LogP contribution in [0.5, 0.6) is 0 Å². The number of nitrogens with zero attached hydrogens (tertiary/aromatic N) is 1. The minimum Gasteiger partial charge on any atom is -0.459 e. The fourth-order valence-electron chi connectivity index (χ4n) is 3.19. The second-order valence-electron chi connectivity index (χ2n) is 6.02. The lowest BCUT2D eigenvalue weighted by Gasteiger charge is -2.08. The molecule has 2 aliphatic rings. The molecule has 6 nitrogen and oxygen atoms in total. The zero-order valence-corrected chi connectivity index (χ0v) is 12.6. The van der Waals surface area contributed by atoms with Crippen LogP contribution >= 0.6 is 0 Å². The molecule has 1 spiro atoms. The third kappa shape index (κ3) is 2.38. The van der Waals surface area contributed by atoms with Gasteiger partial charge in [0, 0.05) is 11.8 Å². The van der Waals surface area contributed by atoms with Crippen molar-refractivity contribution in [2.75, 3.05) is 5.32 Å². The standard InChI is InChI=1S/C16H11F3N2O4/c17-16(18,19)12-5-8(21-25-12)7-24-13(22)10-6-15(10)9-3-1-2-4-11(9)20-14(15)23/h1-5,10H,6-7H2,(H,20,23). The summed E-state index contributed by atoms with van der Waals surface area (Å²) < 4.78 is 46.5. The summed E-state index contributed by atoms with van der Waals surface area (Å²) in [5.74, 6) is -2.84. The third-order valence-electron chi connectivity index (χ3n) is 4.51. The van der Waals surface area contributed by atoms with Crippen molar-refractivity contribution in [1.82, 2.24) is 5.16 Å². The third-order valence-corrected chi connectivity index (χ3v) is 4.51. The highest BCUT2D eigenvalue weighted by atomic mass is 19.4. The van der Waals surface area contributed by atoms with Gasteiger partial charge in [-0.05, 0) is 18.1 Å². The molecule has 1 saturated carbocycles. The maximum atomic E-state index is 12.4. The fraction of sp³-hybridized carbons (Fsp3) is 0.312. The normalized spacial score (nSPS) is 24.1. The number of aromatic nitrogens is 1. The molecule has 1 aliphatic heterocycles. The summed E-state index contributed by atoms with van der Waals surface area (Å²) in [4.78, 5) is 24.5. The van der Waals surface area contributed by atoms with Gasteiger partial charge >= 0.3 is 12.1 Å². The number of alkyl halides is 3. The Hall–Kier alpha value is -2.84. The largest absolute Gasteiger partial charge is 0.459 e. The number of rotatable bonds is 3. The van der Waals surface area contributed by atoms with Gasteiger partial charge in [0.25, 0.3) is 0 Å². The van der Waals surface area contributed by atoms with Gasteiger partial charge in [-0.25, -0.2) is 0 Å². The number of hydrogen-bond donors (Lipinski definition) is 1. The van der Waals surface area contributed by atoms with Gasteiger partial charge in [0.1, 0.15) is 12.3 Å². The van der Waals surface area contributed by atoms with Crippen molar-refractivity contribution in [1.29, 1.82) is 0 Å². The number of halogens is 3. The summed E-state index contributed by atoms with van der Waals surface area (Å²) in [7, 11) is 0. The van der Waals surface area contributed by atoms with Crippen molar-refractivity contribution in [2.45, 2.75) is 24.6 Å². The van der Waals surface area contributed by atoms with Gasteiger partial charge in [-0.2, -0.15) is 13.2 Å². The minimum atomic E-state index is -4.65. The Balaban J connectivity index is 1.44. The summed E-state index contributed by atoms with van der Waals surface area (Å²) in [5.41, 5.74) is 0.317. The van der Waals surface area contributed by atoms with Crippen LogP contribution in [0.4, 0.5) is 18.9 Å². The van der Waals surface area contributed by atoms with Crippen LogP contribution in [-0.4, -0.2) is 17.0 Å². The molecule has 0 radical (unpaired) electrons. The minimum absolute atomic E-state index is 0.147. The number of hydrogen-bond acceptors (Lipinski definition) is 5. The predicted octanol–water partition coefficient (Wildman–Crippen LogP) is 2.65. The van der Waals surface area contributed by atoms with Gasteiger partial charge in [0.05, 0.1) is 11.3 Å². The van der Waals surface area contributed by atoms with Crippen LogP contribution in [0.2, 0.25) is 0 Å². The first kappa shape index (κ1) is 15.7. The molecule has 0 saturated heterocycles. The molecule has 1 aromatic heterocycles. The average Bonchev–Trinajstić information content (AvgIpc) is 3.00. The number of benzene rings is 1. The predicted molar refractivity (Wildman–Crippen MR) is 76.2 cm³/mol. The van der Waals surface area contributed by atoms with Crippen LogP contribution in [0.3, 0.4) is 0 Å². The van der Waals surface area contributed by atoms with E-state index in [4.69, 9.17) is 4.74 Å². The molecule has 25 heavy (non-hydrogen) atoms. The number of esters is 1. The lowest BCUT2D eigenvalue weighted by atomic mass is 9.95. The quantitative estimate of drug-likeness (QED) is 0.859. The van der Waals surface area contributed by atoms with Crippen LogP contribution in [0, 0.1) is 5.92 Å². The fourth-order valence-corrected chi connectivity index (χ4v) is 3.19. The molecule has 2 unspecified atom stereocenters. The first-order chi connectivity index (χ1) is 11.8. The molecular weight excluding hydrogens is 341 g/mol. The highest BCUT2D eigenvalue weighted by Crippen LogP contribution is 2.60. The molecule has 1 N–H and O–H groups in total. The molecule has 1 fully saturated rings. The second-order valence-corrected chi connectivity index (χ2v) is 6.02. The maximum Gasteiger partial charge on any atom is 0.452 e. The van der Waals surface area contributed by atoms with Crippen molar-refractivity contribution in [2.24, 2.45) is 5.92 Å². The molecule has 2 heterocycles. The van der Waals surface area contributed by atoms with Crippen LogP contribution in [0.15, 0.2) is 34.9 Å². The van der Waals surface area contributed by atoms with Gasteiger partial charge < -0.3 is 14.6 Å². The summed E-state index contributed by atoms with van der Waals surface area (Å²) in [6, 6.07) is 7.74. The average molecular weight is 352 g/mol. The SMILES string of the molecule is O=C(OCc1cc(C(F)(F)F)on1)C1CC12C(=O)Nc1ccccc12. The molecule has 1 aromatic carbocycles. The Kier molecular flexibility index (Phi) is 3.18. The maximum absolute atomic E-state index is 12.4. The van der Waals surface area contributed by atoms with Crippen LogP contribution in [-0.2, 0) is 32.5 Å².